The second-order valence-corrected chi connectivity index (χ2v) is 7.39. The van der Waals surface area contributed by atoms with Crippen molar-refractivity contribution in [3.8, 4) is 5.75 Å². The molecular formula is C19H27N3O3. The molecule has 0 aromatic carbocycles. The van der Waals surface area contributed by atoms with Crippen molar-refractivity contribution in [1.29, 1.82) is 0 Å². The molecule has 1 saturated carbocycles. The molecule has 1 atom stereocenters. The highest BCUT2D eigenvalue weighted by atomic mass is 16.5. The van der Waals surface area contributed by atoms with Crippen molar-refractivity contribution in [2.24, 2.45) is 0 Å². The first-order chi connectivity index (χ1) is 11.9. The minimum atomic E-state index is -1.56. The summed E-state index contributed by atoms with van der Waals surface area (Å²) in [7, 11) is 0. The monoisotopic (exact) mass is 345 g/mol. The summed E-state index contributed by atoms with van der Waals surface area (Å²) in [5.41, 5.74) is -1.56. The minimum Gasteiger partial charge on any atom is -0.464 e. The second-order valence-electron chi connectivity index (χ2n) is 7.39. The van der Waals surface area contributed by atoms with E-state index in [1.54, 1.807) is 30.2 Å². The van der Waals surface area contributed by atoms with Crippen LogP contribution in [0.15, 0.2) is 18.3 Å². The van der Waals surface area contributed by atoms with E-state index in [1.165, 1.54) is 12.8 Å². The molecule has 1 fully saturated rings. The van der Waals surface area contributed by atoms with Gasteiger partial charge in [0.05, 0.1) is 0 Å². The van der Waals surface area contributed by atoms with Crippen molar-refractivity contribution in [1.82, 2.24) is 10.3 Å². The van der Waals surface area contributed by atoms with Crippen molar-refractivity contribution in [3.05, 3.63) is 18.3 Å². The van der Waals surface area contributed by atoms with Gasteiger partial charge in [-0.05, 0) is 45.7 Å². The number of carbonyl (C=O) groups excluding carboxylic acids is 2. The molecule has 0 bridgehead atoms. The lowest BCUT2D eigenvalue weighted by Crippen LogP contribution is -2.64. The van der Waals surface area contributed by atoms with Gasteiger partial charge in [0, 0.05) is 18.3 Å². The van der Waals surface area contributed by atoms with Gasteiger partial charge in [0.2, 0.25) is 0 Å². The van der Waals surface area contributed by atoms with Crippen molar-refractivity contribution in [3.63, 3.8) is 0 Å². The number of hydrogen-bond donors (Lipinski definition) is 1. The lowest BCUT2D eigenvalue weighted by atomic mass is 9.98. The third-order valence-corrected chi connectivity index (χ3v) is 5.06. The zero-order valence-electron chi connectivity index (χ0n) is 15.2. The smallest absolute Gasteiger partial charge is 0.282 e. The van der Waals surface area contributed by atoms with Crippen LogP contribution in [0.5, 0.6) is 5.75 Å². The normalized spacial score (nSPS) is 24.5. The van der Waals surface area contributed by atoms with E-state index < -0.39 is 5.60 Å². The quantitative estimate of drug-likeness (QED) is 0.675. The summed E-state index contributed by atoms with van der Waals surface area (Å²) < 4.78 is 5.88. The molecule has 1 aliphatic heterocycles. The largest absolute Gasteiger partial charge is 0.464 e. The molecule has 0 unspecified atom stereocenters. The molecule has 6 nitrogen and oxygen atoms in total. The highest BCUT2D eigenvalue weighted by molar-refractivity contribution is 6.16. The molecule has 25 heavy (non-hydrogen) atoms. The van der Waals surface area contributed by atoms with Crippen LogP contribution in [-0.2, 0) is 9.59 Å². The Balaban J connectivity index is 1.86. The van der Waals surface area contributed by atoms with Gasteiger partial charge in [0.25, 0.3) is 17.4 Å². The first-order valence-corrected chi connectivity index (χ1v) is 9.22. The van der Waals surface area contributed by atoms with Gasteiger partial charge in [0.15, 0.2) is 11.6 Å². The summed E-state index contributed by atoms with van der Waals surface area (Å²) in [6, 6.07) is 3.50. The van der Waals surface area contributed by atoms with Crippen LogP contribution < -0.4 is 15.0 Å². The second kappa shape index (κ2) is 7.02. The molecule has 136 valence electrons. The molecule has 2 aliphatic rings. The van der Waals surface area contributed by atoms with Gasteiger partial charge in [-0.25, -0.2) is 4.98 Å². The van der Waals surface area contributed by atoms with Crippen molar-refractivity contribution >= 4 is 17.6 Å². The van der Waals surface area contributed by atoms with Crippen LogP contribution in [0.2, 0.25) is 0 Å². The van der Waals surface area contributed by atoms with E-state index >= 15 is 0 Å². The lowest BCUT2D eigenvalue weighted by molar-refractivity contribution is -0.149. The van der Waals surface area contributed by atoms with Crippen LogP contribution in [-0.4, -0.2) is 34.5 Å². The van der Waals surface area contributed by atoms with Gasteiger partial charge in [0.1, 0.15) is 0 Å². The maximum Gasteiger partial charge on any atom is 0.282 e. The third-order valence-electron chi connectivity index (χ3n) is 5.06. The van der Waals surface area contributed by atoms with Crippen LogP contribution in [0.3, 0.4) is 0 Å². The fraction of sp³-hybridized carbons (Fsp3) is 0.632. The third kappa shape index (κ3) is 3.34. The van der Waals surface area contributed by atoms with Gasteiger partial charge in [-0.3, -0.25) is 14.5 Å². The number of nitrogens with zero attached hydrogens (tertiary/aromatic N) is 2. The molecule has 0 spiro atoms. The van der Waals surface area contributed by atoms with Gasteiger partial charge < -0.3 is 10.1 Å². The lowest BCUT2D eigenvalue weighted by Gasteiger charge is -2.40. The van der Waals surface area contributed by atoms with Crippen LogP contribution in [0.25, 0.3) is 0 Å². The Morgan fingerprint density at radius 1 is 1.32 bits per heavy atom. The van der Waals surface area contributed by atoms with Gasteiger partial charge >= 0.3 is 0 Å². The fourth-order valence-electron chi connectivity index (χ4n) is 3.60. The topological polar surface area (TPSA) is 71.5 Å². The summed E-state index contributed by atoms with van der Waals surface area (Å²) in [4.78, 5) is 31.9. The predicted molar refractivity (Wildman–Crippen MR) is 95.5 cm³/mol. The van der Waals surface area contributed by atoms with Gasteiger partial charge in [-0.2, -0.15) is 0 Å². The summed E-state index contributed by atoms with van der Waals surface area (Å²) in [5, 5.41) is 3.06. The zero-order chi connectivity index (χ0) is 18.0. The molecule has 1 N–H and O–H groups in total. The number of ether oxygens (including phenoxy) is 1. The molecule has 0 radical (unpaired) electrons. The van der Waals surface area contributed by atoms with Crippen molar-refractivity contribution < 1.29 is 14.3 Å². The molecule has 6 heteroatoms. The molecule has 1 aromatic rings. The number of hydrogen-bond acceptors (Lipinski definition) is 4. The van der Waals surface area contributed by atoms with Crippen molar-refractivity contribution in [2.45, 2.75) is 77.0 Å². The van der Waals surface area contributed by atoms with E-state index in [9.17, 15) is 9.59 Å². The Hall–Kier alpha value is -2.11. The number of rotatable bonds is 3. The maximum atomic E-state index is 13.1. The molecule has 1 aliphatic carbocycles. The minimum absolute atomic E-state index is 0.116. The molecular weight excluding hydrogens is 318 g/mol. The van der Waals surface area contributed by atoms with E-state index in [-0.39, 0.29) is 23.9 Å². The van der Waals surface area contributed by atoms with Crippen LogP contribution in [0, 0.1) is 0 Å². The summed E-state index contributed by atoms with van der Waals surface area (Å²) in [6.45, 7) is 5.38. The number of amides is 2. The standard InChI is InChI=1S/C19H27N3O3/c1-13(2)22-16-15(11-8-12-20-16)25-19(3,18(22)24)17(23)21-14-9-6-4-5-7-10-14/h8,11-14H,4-7,9-10H2,1-3H3,(H,21,23)/t19-/m1/s1. The molecule has 0 saturated heterocycles. The Kier molecular flexibility index (Phi) is 4.97. The van der Waals surface area contributed by atoms with Gasteiger partial charge in [-0.1, -0.05) is 25.7 Å². The maximum absolute atomic E-state index is 13.1. The van der Waals surface area contributed by atoms with E-state index in [1.807, 2.05) is 13.8 Å². The summed E-state index contributed by atoms with van der Waals surface area (Å²) in [6.07, 6.45) is 8.18. The fourth-order valence-corrected chi connectivity index (χ4v) is 3.60. The van der Waals surface area contributed by atoms with Gasteiger partial charge in [-0.15, -0.1) is 0 Å². The molecule has 2 heterocycles. The molecule has 2 amide bonds. The Bertz CT molecular complexity index is 653. The first kappa shape index (κ1) is 17.7. The average Bonchev–Trinajstić information content (AvgIpc) is 2.84. The Morgan fingerprint density at radius 2 is 2.00 bits per heavy atom. The summed E-state index contributed by atoms with van der Waals surface area (Å²) in [5.74, 6) is 0.223. The number of aromatic nitrogens is 1. The highest BCUT2D eigenvalue weighted by Crippen LogP contribution is 2.37. The Morgan fingerprint density at radius 3 is 2.64 bits per heavy atom. The van der Waals surface area contributed by atoms with Crippen LogP contribution >= 0.6 is 0 Å². The number of fused-ring (bicyclic) bond motifs is 1. The van der Waals surface area contributed by atoms with Crippen molar-refractivity contribution in [2.75, 3.05) is 4.90 Å². The van der Waals surface area contributed by atoms with Crippen LogP contribution in [0.1, 0.15) is 59.3 Å². The SMILES string of the molecule is CC(C)N1C(=O)[C@@](C)(C(=O)NC2CCCCCC2)Oc2cccnc21. The summed E-state index contributed by atoms with van der Waals surface area (Å²) >= 11 is 0. The van der Waals surface area contributed by atoms with E-state index in [0.29, 0.717) is 11.6 Å². The number of nitrogens with one attached hydrogen (secondary N) is 1. The van der Waals surface area contributed by atoms with E-state index in [0.717, 1.165) is 25.7 Å². The first-order valence-electron chi connectivity index (χ1n) is 9.22. The number of anilines is 1. The van der Waals surface area contributed by atoms with Crippen LogP contribution in [0.4, 0.5) is 5.82 Å². The zero-order valence-corrected chi connectivity index (χ0v) is 15.2. The number of carbonyl (C=O) groups is 2. The van der Waals surface area contributed by atoms with E-state index in [4.69, 9.17) is 4.74 Å². The Labute approximate surface area is 148 Å². The molecule has 3 rings (SSSR count). The average molecular weight is 345 g/mol. The predicted octanol–water partition coefficient (Wildman–Crippen LogP) is 2.81. The number of pyridine rings is 1. The van der Waals surface area contributed by atoms with E-state index in [2.05, 4.69) is 10.3 Å². The molecule has 1 aromatic heterocycles. The highest BCUT2D eigenvalue weighted by Gasteiger charge is 2.52.